The summed E-state index contributed by atoms with van der Waals surface area (Å²) in [5.74, 6) is 0. The molecule has 1 heterocycles. The molecule has 0 aromatic carbocycles. The maximum absolute atomic E-state index is 8.10. The van der Waals surface area contributed by atoms with Crippen LogP contribution in [0, 0.1) is 6.92 Å². The van der Waals surface area contributed by atoms with Crippen molar-refractivity contribution in [2.24, 2.45) is 12.2 Å². The van der Waals surface area contributed by atoms with Crippen LogP contribution in [0.4, 0.5) is 0 Å². The predicted octanol–water partition coefficient (Wildman–Crippen LogP) is 2.19. The molecular weight excluding hydrogens is 178 g/mol. The minimum absolute atomic E-state index is 0.259. The fourth-order valence-corrected chi connectivity index (χ4v) is 1.19. The average molecular weight is 186 g/mol. The molecule has 1 aromatic heterocycles. The molecule has 5 nitrogen and oxygen atoms in total. The van der Waals surface area contributed by atoms with Gasteiger partial charge in [-0.15, -0.1) is 0 Å². The maximum atomic E-state index is 8.10. The average Bonchev–Trinajstić information content (AvgIpc) is 2.25. The van der Waals surface area contributed by atoms with Crippen LogP contribution in [-0.2, 0) is 13.6 Å². The Bertz CT molecular complexity index is 336. The second-order valence-corrected chi connectivity index (χ2v) is 2.73. The molecule has 6 heteroatoms. The first kappa shape index (κ1) is 8.90. The summed E-state index contributed by atoms with van der Waals surface area (Å²) in [6, 6.07) is 0. The van der Waals surface area contributed by atoms with Crippen molar-refractivity contribution in [3.63, 3.8) is 0 Å². The first-order valence-electron chi connectivity index (χ1n) is 3.35. The van der Waals surface area contributed by atoms with Gasteiger partial charge >= 0.3 is 0 Å². The Labute approximate surface area is 74.6 Å². The van der Waals surface area contributed by atoms with E-state index in [0.717, 1.165) is 11.3 Å². The Morgan fingerprint density at radius 1 is 1.75 bits per heavy atom. The quantitative estimate of drug-likeness (QED) is 0.396. The Hall–Kier alpha value is -1.19. The van der Waals surface area contributed by atoms with Gasteiger partial charge < -0.3 is 0 Å². The highest BCUT2D eigenvalue weighted by Crippen LogP contribution is 2.19. The van der Waals surface area contributed by atoms with E-state index in [2.05, 4.69) is 15.1 Å². The highest BCUT2D eigenvalue weighted by molar-refractivity contribution is 6.30. The number of rotatable bonds is 2. The van der Waals surface area contributed by atoms with E-state index in [-0.39, 0.29) is 6.54 Å². The molecule has 1 rings (SSSR count). The predicted molar refractivity (Wildman–Crippen MR) is 45.8 cm³/mol. The third-order valence-corrected chi connectivity index (χ3v) is 2.03. The van der Waals surface area contributed by atoms with Crippen LogP contribution in [0.15, 0.2) is 5.11 Å². The molecule has 0 aliphatic carbocycles. The van der Waals surface area contributed by atoms with Gasteiger partial charge in [0.1, 0.15) is 5.15 Å². The number of azide groups is 1. The molecule has 0 atom stereocenters. The molecule has 0 aliphatic heterocycles. The van der Waals surface area contributed by atoms with Gasteiger partial charge in [0.25, 0.3) is 0 Å². The van der Waals surface area contributed by atoms with Gasteiger partial charge in [0.15, 0.2) is 0 Å². The van der Waals surface area contributed by atoms with Crippen molar-refractivity contribution in [2.45, 2.75) is 13.5 Å². The Morgan fingerprint density at radius 3 is 2.83 bits per heavy atom. The van der Waals surface area contributed by atoms with E-state index in [1.807, 2.05) is 6.92 Å². The summed E-state index contributed by atoms with van der Waals surface area (Å²) < 4.78 is 1.55. The number of aromatic nitrogens is 2. The fourth-order valence-electron chi connectivity index (χ4n) is 0.956. The molecule has 1 aromatic rings. The second kappa shape index (κ2) is 3.47. The number of aryl methyl sites for hydroxylation is 2. The summed E-state index contributed by atoms with van der Waals surface area (Å²) in [6.07, 6.45) is 0. The van der Waals surface area contributed by atoms with Crippen molar-refractivity contribution < 1.29 is 0 Å². The molecule has 0 saturated heterocycles. The molecule has 0 fully saturated rings. The minimum Gasteiger partial charge on any atom is -0.257 e. The van der Waals surface area contributed by atoms with Crippen molar-refractivity contribution in [3.05, 3.63) is 26.9 Å². The summed E-state index contributed by atoms with van der Waals surface area (Å²) in [5.41, 5.74) is 9.69. The Kier molecular flexibility index (Phi) is 2.58. The molecule has 0 radical (unpaired) electrons. The van der Waals surface area contributed by atoms with E-state index >= 15 is 0 Å². The van der Waals surface area contributed by atoms with Crippen LogP contribution in [0.3, 0.4) is 0 Å². The Morgan fingerprint density at radius 2 is 2.42 bits per heavy atom. The monoisotopic (exact) mass is 185 g/mol. The minimum atomic E-state index is 0.259. The fraction of sp³-hybridized carbons (Fsp3) is 0.500. The van der Waals surface area contributed by atoms with Gasteiger partial charge in [-0.2, -0.15) is 5.10 Å². The summed E-state index contributed by atoms with van der Waals surface area (Å²) >= 11 is 5.87. The van der Waals surface area contributed by atoms with Crippen LogP contribution in [0.5, 0.6) is 0 Å². The van der Waals surface area contributed by atoms with Crippen LogP contribution in [0.2, 0.25) is 5.15 Å². The highest BCUT2D eigenvalue weighted by atomic mass is 35.5. The van der Waals surface area contributed by atoms with Crippen molar-refractivity contribution >= 4 is 11.6 Å². The van der Waals surface area contributed by atoms with E-state index in [1.165, 1.54) is 0 Å². The molecule has 0 bridgehead atoms. The van der Waals surface area contributed by atoms with Crippen LogP contribution in [0.25, 0.3) is 10.4 Å². The lowest BCUT2D eigenvalue weighted by Gasteiger charge is -1.92. The zero-order valence-corrected chi connectivity index (χ0v) is 7.58. The second-order valence-electron chi connectivity index (χ2n) is 2.37. The molecular formula is C6H8ClN5. The molecule has 0 aliphatic rings. The van der Waals surface area contributed by atoms with Crippen LogP contribution in [0.1, 0.15) is 11.3 Å². The standard InChI is InChI=1S/C6H8ClN5/c1-4-5(3-9-11-8)6(7)12(2)10-4/h3H2,1-2H3. The topological polar surface area (TPSA) is 66.6 Å². The lowest BCUT2D eigenvalue weighted by Crippen LogP contribution is -1.89. The van der Waals surface area contributed by atoms with Gasteiger partial charge in [-0.1, -0.05) is 16.7 Å². The number of nitrogens with zero attached hydrogens (tertiary/aromatic N) is 5. The van der Waals surface area contributed by atoms with Crippen molar-refractivity contribution in [1.82, 2.24) is 9.78 Å². The molecule has 0 saturated carbocycles. The first-order valence-corrected chi connectivity index (χ1v) is 3.73. The largest absolute Gasteiger partial charge is 0.257 e. The lowest BCUT2D eigenvalue weighted by molar-refractivity contribution is 0.757. The van der Waals surface area contributed by atoms with Gasteiger partial charge in [0.2, 0.25) is 0 Å². The lowest BCUT2D eigenvalue weighted by atomic mass is 10.3. The van der Waals surface area contributed by atoms with Crippen molar-refractivity contribution in [3.8, 4) is 0 Å². The number of hydrogen-bond donors (Lipinski definition) is 0. The molecule has 0 spiro atoms. The summed E-state index contributed by atoms with van der Waals surface area (Å²) in [4.78, 5) is 2.65. The molecule has 0 unspecified atom stereocenters. The van der Waals surface area contributed by atoms with Crippen LogP contribution in [-0.4, -0.2) is 9.78 Å². The van der Waals surface area contributed by atoms with Gasteiger partial charge in [0, 0.05) is 17.5 Å². The number of halogens is 1. The van der Waals surface area contributed by atoms with Crippen molar-refractivity contribution in [2.75, 3.05) is 0 Å². The van der Waals surface area contributed by atoms with E-state index in [1.54, 1.807) is 11.7 Å². The summed E-state index contributed by atoms with van der Waals surface area (Å²) in [5, 5.41) is 8.01. The van der Waals surface area contributed by atoms with Crippen molar-refractivity contribution in [1.29, 1.82) is 0 Å². The van der Waals surface area contributed by atoms with E-state index < -0.39 is 0 Å². The smallest absolute Gasteiger partial charge is 0.130 e. The van der Waals surface area contributed by atoms with Gasteiger partial charge in [-0.05, 0) is 12.5 Å². The van der Waals surface area contributed by atoms with Gasteiger partial charge in [-0.3, -0.25) is 4.68 Å². The molecule has 12 heavy (non-hydrogen) atoms. The van der Waals surface area contributed by atoms with Crippen LogP contribution < -0.4 is 0 Å². The third-order valence-electron chi connectivity index (χ3n) is 1.56. The van der Waals surface area contributed by atoms with Gasteiger partial charge in [0.05, 0.1) is 12.2 Å². The van der Waals surface area contributed by atoms with E-state index in [9.17, 15) is 0 Å². The summed E-state index contributed by atoms with van der Waals surface area (Å²) in [7, 11) is 1.74. The van der Waals surface area contributed by atoms with E-state index in [0.29, 0.717) is 5.15 Å². The van der Waals surface area contributed by atoms with Crippen LogP contribution >= 0.6 is 11.6 Å². The van der Waals surface area contributed by atoms with E-state index in [4.69, 9.17) is 17.1 Å². The zero-order valence-electron chi connectivity index (χ0n) is 6.82. The molecule has 0 N–H and O–H groups in total. The van der Waals surface area contributed by atoms with Gasteiger partial charge in [-0.25, -0.2) is 0 Å². The SMILES string of the molecule is Cc1nn(C)c(Cl)c1CN=[N+]=[N-]. The highest BCUT2D eigenvalue weighted by Gasteiger charge is 2.08. The molecule has 64 valence electrons. The summed E-state index contributed by atoms with van der Waals surface area (Å²) in [6.45, 7) is 2.09. The third kappa shape index (κ3) is 1.52. The zero-order chi connectivity index (χ0) is 9.14. The first-order chi connectivity index (χ1) is 5.66. The maximum Gasteiger partial charge on any atom is 0.130 e. The normalized spacial score (nSPS) is 9.58. The Balaban J connectivity index is 3.04. The molecule has 0 amide bonds. The number of hydrogen-bond acceptors (Lipinski definition) is 2.